The van der Waals surface area contributed by atoms with E-state index in [0.717, 1.165) is 29.8 Å². The Bertz CT molecular complexity index is 1530. The fraction of sp³-hybridized carbons (Fsp3) is 0.333. The maximum Gasteiger partial charge on any atom is 0.244 e. The average molecular weight is 541 g/mol. The molecule has 0 unspecified atom stereocenters. The summed E-state index contributed by atoms with van der Waals surface area (Å²) >= 11 is 6.25. The Hall–Kier alpha value is -3.03. The van der Waals surface area contributed by atoms with Gasteiger partial charge in [-0.3, -0.25) is 0 Å². The maximum absolute atomic E-state index is 13.6. The van der Waals surface area contributed by atoms with Gasteiger partial charge in [0.1, 0.15) is 10.7 Å². The minimum absolute atomic E-state index is 0.0135. The van der Waals surface area contributed by atoms with Crippen molar-refractivity contribution < 1.29 is 17.9 Å². The normalized spacial score (nSPS) is 20.9. The van der Waals surface area contributed by atoms with E-state index < -0.39 is 10.0 Å². The van der Waals surface area contributed by atoms with Crippen LogP contribution in [-0.2, 0) is 16.4 Å². The van der Waals surface area contributed by atoms with Crippen LogP contribution in [0.2, 0.25) is 5.02 Å². The Morgan fingerprint density at radius 2 is 2.05 bits per heavy atom. The van der Waals surface area contributed by atoms with Gasteiger partial charge in [0.2, 0.25) is 10.0 Å². The highest BCUT2D eigenvalue weighted by molar-refractivity contribution is 7.89. The molecule has 7 nitrogen and oxygen atoms in total. The number of rotatable bonds is 7. The summed E-state index contributed by atoms with van der Waals surface area (Å²) in [5.41, 5.74) is 4.01. The van der Waals surface area contributed by atoms with Gasteiger partial charge in [0.15, 0.2) is 0 Å². The second-order valence-electron chi connectivity index (χ2n) is 9.79. The highest BCUT2D eigenvalue weighted by atomic mass is 35.5. The molecule has 0 saturated heterocycles. The summed E-state index contributed by atoms with van der Waals surface area (Å²) in [5.74, 6) is -0.293. The summed E-state index contributed by atoms with van der Waals surface area (Å²) < 4.78 is 43.7. The van der Waals surface area contributed by atoms with Crippen LogP contribution in [0.1, 0.15) is 36.6 Å². The first-order valence-corrected chi connectivity index (χ1v) is 13.8. The molecule has 1 heterocycles. The van der Waals surface area contributed by atoms with Gasteiger partial charge in [0, 0.05) is 13.1 Å². The second kappa shape index (κ2) is 9.69. The summed E-state index contributed by atoms with van der Waals surface area (Å²) in [6, 6.07) is 12.3. The van der Waals surface area contributed by atoms with Crippen molar-refractivity contribution in [3.63, 3.8) is 0 Å². The summed E-state index contributed by atoms with van der Waals surface area (Å²) in [6.45, 7) is 2.01. The molecule has 5 rings (SSSR count). The van der Waals surface area contributed by atoms with Crippen molar-refractivity contribution >= 4 is 27.7 Å². The van der Waals surface area contributed by atoms with Crippen LogP contribution in [0.3, 0.4) is 0 Å². The minimum atomic E-state index is -4.00. The zero-order valence-corrected chi connectivity index (χ0v) is 21.8. The highest BCUT2D eigenvalue weighted by Crippen LogP contribution is 2.53. The van der Waals surface area contributed by atoms with E-state index in [1.807, 2.05) is 16.9 Å². The topological polar surface area (TPSA) is 99.2 Å². The Morgan fingerprint density at radius 1 is 1.30 bits per heavy atom. The van der Waals surface area contributed by atoms with Gasteiger partial charge < -0.3 is 5.11 Å². The molecule has 2 aliphatic carbocycles. The second-order valence-corrected chi connectivity index (χ2v) is 12.1. The summed E-state index contributed by atoms with van der Waals surface area (Å²) in [4.78, 5) is -0.0768. The fourth-order valence-corrected chi connectivity index (χ4v) is 7.59. The SMILES string of the molecule is C[C@]12Cc3cnn(-c4ccc(F)cc4)c3C=C1CC[C@@H]2CN(CCO)S(=O)(=O)c1ccc(C#N)cc1Cl. The number of benzene rings is 2. The summed E-state index contributed by atoms with van der Waals surface area (Å²) in [7, 11) is -4.00. The monoisotopic (exact) mass is 540 g/mol. The number of aliphatic hydroxyl groups is 1. The first-order chi connectivity index (χ1) is 17.7. The Morgan fingerprint density at radius 3 is 2.73 bits per heavy atom. The molecule has 3 aromatic rings. The van der Waals surface area contributed by atoms with E-state index in [4.69, 9.17) is 16.9 Å². The quantitative estimate of drug-likeness (QED) is 0.473. The molecule has 0 aliphatic heterocycles. The van der Waals surface area contributed by atoms with Crippen molar-refractivity contribution in [3.05, 3.63) is 81.9 Å². The van der Waals surface area contributed by atoms with Gasteiger partial charge in [-0.15, -0.1) is 0 Å². The largest absolute Gasteiger partial charge is 0.395 e. The number of hydrogen-bond acceptors (Lipinski definition) is 5. The van der Waals surface area contributed by atoms with E-state index >= 15 is 0 Å². The first kappa shape index (κ1) is 25.6. The number of halogens is 2. The van der Waals surface area contributed by atoms with E-state index in [2.05, 4.69) is 18.1 Å². The van der Waals surface area contributed by atoms with Gasteiger partial charge in [-0.1, -0.05) is 24.1 Å². The predicted octanol–water partition coefficient (Wildman–Crippen LogP) is 4.58. The molecular weight excluding hydrogens is 515 g/mol. The van der Waals surface area contributed by atoms with Crippen molar-refractivity contribution in [2.45, 2.75) is 31.1 Å². The fourth-order valence-electron chi connectivity index (χ4n) is 5.60. The van der Waals surface area contributed by atoms with Crippen LogP contribution in [-0.4, -0.2) is 47.3 Å². The Balaban J connectivity index is 1.44. The molecular formula is C27H26ClFN4O3S. The Kier molecular flexibility index (Phi) is 6.71. The molecule has 0 bridgehead atoms. The van der Waals surface area contributed by atoms with Crippen LogP contribution in [0.5, 0.6) is 0 Å². The van der Waals surface area contributed by atoms with Gasteiger partial charge in [-0.25, -0.2) is 17.5 Å². The number of aliphatic hydroxyl groups excluding tert-OH is 1. The number of nitriles is 1. The van der Waals surface area contributed by atoms with Crippen molar-refractivity contribution in [2.75, 3.05) is 19.7 Å². The molecule has 1 saturated carbocycles. The van der Waals surface area contributed by atoms with Crippen LogP contribution in [0.25, 0.3) is 11.8 Å². The molecule has 1 N–H and O–H groups in total. The number of aromatic nitrogens is 2. The summed E-state index contributed by atoms with van der Waals surface area (Å²) in [5, 5.41) is 23.3. The van der Waals surface area contributed by atoms with Gasteiger partial charge in [-0.05, 0) is 84.7 Å². The maximum atomic E-state index is 13.6. The third-order valence-corrected chi connectivity index (χ3v) is 10.0. The molecule has 2 atom stereocenters. The van der Waals surface area contributed by atoms with Gasteiger partial charge in [-0.2, -0.15) is 14.7 Å². The zero-order chi connectivity index (χ0) is 26.4. The smallest absolute Gasteiger partial charge is 0.244 e. The van der Waals surface area contributed by atoms with Gasteiger partial charge in [0.05, 0.1) is 40.8 Å². The van der Waals surface area contributed by atoms with E-state index in [1.165, 1.54) is 40.2 Å². The van der Waals surface area contributed by atoms with E-state index in [-0.39, 0.29) is 52.3 Å². The van der Waals surface area contributed by atoms with Crippen molar-refractivity contribution in [1.82, 2.24) is 14.1 Å². The number of fused-ring (bicyclic) bond motifs is 2. The van der Waals surface area contributed by atoms with Crippen LogP contribution in [0.4, 0.5) is 4.39 Å². The van der Waals surface area contributed by atoms with Crippen molar-refractivity contribution in [2.24, 2.45) is 11.3 Å². The third-order valence-electron chi connectivity index (χ3n) is 7.68. The molecule has 0 spiro atoms. The van der Waals surface area contributed by atoms with Crippen LogP contribution >= 0.6 is 11.6 Å². The van der Waals surface area contributed by atoms with E-state index in [1.54, 1.807) is 12.1 Å². The van der Waals surface area contributed by atoms with Gasteiger partial charge >= 0.3 is 0 Å². The third kappa shape index (κ3) is 4.48. The molecule has 2 aromatic carbocycles. The lowest BCUT2D eigenvalue weighted by Crippen LogP contribution is -2.42. The van der Waals surface area contributed by atoms with Crippen LogP contribution in [0.15, 0.2) is 59.1 Å². The highest BCUT2D eigenvalue weighted by Gasteiger charge is 2.47. The first-order valence-electron chi connectivity index (χ1n) is 12.0. The lowest BCUT2D eigenvalue weighted by atomic mass is 9.70. The molecule has 10 heteroatoms. The lowest BCUT2D eigenvalue weighted by molar-refractivity contribution is 0.194. The average Bonchev–Trinajstić information content (AvgIpc) is 3.42. The zero-order valence-electron chi connectivity index (χ0n) is 20.2. The minimum Gasteiger partial charge on any atom is -0.395 e. The molecule has 192 valence electrons. The lowest BCUT2D eigenvalue weighted by Gasteiger charge is -2.38. The number of allylic oxidation sites excluding steroid dienone is 1. The van der Waals surface area contributed by atoms with E-state index in [9.17, 15) is 17.9 Å². The molecule has 1 aromatic heterocycles. The number of nitrogens with zero attached hydrogens (tertiary/aromatic N) is 4. The van der Waals surface area contributed by atoms with E-state index in [0.29, 0.717) is 6.42 Å². The molecule has 1 fully saturated rings. The number of sulfonamides is 1. The summed E-state index contributed by atoms with van der Waals surface area (Å²) in [6.07, 6.45) is 6.28. The molecule has 0 radical (unpaired) electrons. The molecule has 2 aliphatic rings. The van der Waals surface area contributed by atoms with Crippen molar-refractivity contribution in [3.8, 4) is 11.8 Å². The number of hydrogen-bond donors (Lipinski definition) is 1. The van der Waals surface area contributed by atoms with Crippen molar-refractivity contribution in [1.29, 1.82) is 5.26 Å². The molecule has 0 amide bonds. The Labute approximate surface area is 220 Å². The van der Waals surface area contributed by atoms with Crippen LogP contribution < -0.4 is 0 Å². The standard InChI is InChI=1S/C27H26ClFN4O3S/c1-27-14-19-16-31-33(23-7-5-22(29)6-8-23)25(19)13-20(27)3-4-21(27)17-32(10-11-34)37(35,36)26-9-2-18(15-30)12-24(26)28/h2,5-9,12-13,16,21,34H,3-4,10-11,14,17H2,1H3/t21-,27+/m1/s1. The predicted molar refractivity (Wildman–Crippen MR) is 138 cm³/mol. The van der Waals surface area contributed by atoms with Gasteiger partial charge in [0.25, 0.3) is 0 Å². The van der Waals surface area contributed by atoms with Crippen LogP contribution in [0, 0.1) is 28.5 Å². The molecule has 37 heavy (non-hydrogen) atoms.